The number of aliphatic hydroxyl groups excluding tert-OH is 1. The summed E-state index contributed by atoms with van der Waals surface area (Å²) < 4.78 is 29.6. The number of fused-ring (bicyclic) bond motifs is 2. The van der Waals surface area contributed by atoms with Gasteiger partial charge in [0.2, 0.25) is 0 Å². The smallest absolute Gasteiger partial charge is 0.340 e. The van der Waals surface area contributed by atoms with Crippen LogP contribution < -0.4 is 5.48 Å². The van der Waals surface area contributed by atoms with Crippen molar-refractivity contribution in [1.29, 1.82) is 0 Å². The molecule has 6 heterocycles. The summed E-state index contributed by atoms with van der Waals surface area (Å²) in [5.74, 6) is -12.4. The van der Waals surface area contributed by atoms with Gasteiger partial charge in [-0.3, -0.25) is 78.0 Å². The molecule has 2 aromatic carbocycles. The van der Waals surface area contributed by atoms with Gasteiger partial charge in [0, 0.05) is 49.8 Å². The molecular weight excluding hydrogens is 1360 g/mol. The molecule has 2 aliphatic heterocycles. The Morgan fingerprint density at radius 3 is 1.43 bits per heavy atom. The predicted molar refractivity (Wildman–Crippen MR) is 340 cm³/mol. The summed E-state index contributed by atoms with van der Waals surface area (Å²) in [6, 6.07) is 30.9. The predicted octanol–water partition coefficient (Wildman–Crippen LogP) is 7.14. The average molecular weight is 1440 g/mol. The maximum atomic E-state index is 12.8. The average Bonchev–Trinajstić information content (AvgIpc) is 0.771. The fourth-order valence-corrected chi connectivity index (χ4v) is 8.62. The van der Waals surface area contributed by atoms with Crippen molar-refractivity contribution in [2.24, 2.45) is 0 Å². The molecule has 524 valence electrons. The van der Waals surface area contributed by atoms with Gasteiger partial charge >= 0.3 is 35.8 Å². The van der Waals surface area contributed by atoms with Gasteiger partial charge in [0.1, 0.15) is 6.61 Å². The third-order valence-electron chi connectivity index (χ3n) is 12.8. The van der Waals surface area contributed by atoms with Crippen LogP contribution in [0.25, 0.3) is 0 Å². The molecule has 3 atom stereocenters. The quantitative estimate of drug-likeness (QED) is 0.00941. The Morgan fingerprint density at radius 1 is 0.515 bits per heavy atom. The summed E-state index contributed by atoms with van der Waals surface area (Å²) in [7, 11) is 0. The minimum Gasteiger partial charge on any atom is -0.466 e. The monoisotopic (exact) mass is 1440 g/mol. The summed E-state index contributed by atoms with van der Waals surface area (Å²) in [6.45, 7) is 19.9. The molecule has 0 saturated carbocycles. The van der Waals surface area contributed by atoms with Crippen LogP contribution >= 0.6 is 0 Å². The molecule has 0 saturated heterocycles. The molecule has 0 spiro atoms. The molecule has 97 heavy (non-hydrogen) atoms. The van der Waals surface area contributed by atoms with Crippen molar-refractivity contribution in [1.82, 2.24) is 35.5 Å². The number of hydrogen-bond acceptors (Lipinski definition) is 25. The topological polar surface area (TPSA) is 372 Å². The summed E-state index contributed by atoms with van der Waals surface area (Å²) in [6.07, 6.45) is -0.0241. The van der Waals surface area contributed by atoms with Crippen LogP contribution in [0.1, 0.15) is 164 Å². The molecular formula is C68H80N7O21Pd-. The van der Waals surface area contributed by atoms with Crippen LogP contribution in [-0.4, -0.2) is 152 Å². The Labute approximate surface area is 575 Å². The molecule has 8 rings (SSSR count). The Balaban J connectivity index is 0.000000438. The van der Waals surface area contributed by atoms with Crippen molar-refractivity contribution in [3.63, 3.8) is 0 Å². The van der Waals surface area contributed by atoms with Crippen molar-refractivity contribution in [2.45, 2.75) is 114 Å². The number of ether oxygens (including phenoxy) is 6. The first-order valence-corrected chi connectivity index (χ1v) is 30.0. The van der Waals surface area contributed by atoms with Crippen LogP contribution in [0.5, 0.6) is 0 Å². The first-order valence-electron chi connectivity index (χ1n) is 30.0. The van der Waals surface area contributed by atoms with Gasteiger partial charge in [-0.05, 0) is 136 Å². The molecule has 0 fully saturated rings. The van der Waals surface area contributed by atoms with Crippen molar-refractivity contribution in [3.8, 4) is 0 Å². The van der Waals surface area contributed by atoms with Crippen molar-refractivity contribution in [3.05, 3.63) is 196 Å². The van der Waals surface area contributed by atoms with Gasteiger partial charge in [0.15, 0.2) is 17.8 Å². The maximum absolute atomic E-state index is 12.8. The second kappa shape index (κ2) is 42.5. The number of carbonyl (C=O) groups excluding carboxylic acids is 11. The zero-order chi connectivity index (χ0) is 70.3. The minimum absolute atomic E-state index is 0. The number of carbonyl (C=O) groups is 11. The summed E-state index contributed by atoms with van der Waals surface area (Å²) in [5, 5.41) is 17.6. The third-order valence-corrected chi connectivity index (χ3v) is 12.8. The zero-order valence-corrected chi connectivity index (χ0v) is 57.4. The van der Waals surface area contributed by atoms with Crippen LogP contribution in [0, 0.1) is 35.1 Å². The molecule has 2 aliphatic rings. The molecule has 3 N–H and O–H groups in total. The van der Waals surface area contributed by atoms with E-state index < -0.39 is 83.1 Å². The van der Waals surface area contributed by atoms with Crippen LogP contribution in [-0.2, 0) is 112 Å². The fraction of sp³-hybridized carbons (Fsp3) is 0.353. The van der Waals surface area contributed by atoms with E-state index in [1.807, 2.05) is 48.5 Å². The molecule has 0 bridgehead atoms. The normalized spacial score (nSPS) is 13.4. The molecule has 3 unspecified atom stereocenters. The number of hydrogen-bond donors (Lipinski definition) is 3. The van der Waals surface area contributed by atoms with Gasteiger partial charge in [0.25, 0.3) is 29.5 Å². The third kappa shape index (κ3) is 24.1. The zero-order valence-electron chi connectivity index (χ0n) is 55.8. The van der Waals surface area contributed by atoms with Gasteiger partial charge in [-0.1, -0.05) is 60.7 Å². The van der Waals surface area contributed by atoms with E-state index in [4.69, 9.17) is 43.2 Å². The van der Waals surface area contributed by atoms with E-state index >= 15 is 0 Å². The number of imide groups is 2. The summed E-state index contributed by atoms with van der Waals surface area (Å²) in [5.41, 5.74) is 7.29. The van der Waals surface area contributed by atoms with Gasteiger partial charge < -0.3 is 41.0 Å². The Morgan fingerprint density at radius 2 is 0.938 bits per heavy atom. The fourth-order valence-electron chi connectivity index (χ4n) is 8.62. The van der Waals surface area contributed by atoms with Crippen molar-refractivity contribution in [2.75, 3.05) is 46.2 Å². The van der Waals surface area contributed by atoms with E-state index in [0.717, 1.165) is 16.8 Å². The molecule has 6 aromatic rings. The first-order chi connectivity index (χ1) is 45.5. The van der Waals surface area contributed by atoms with E-state index in [2.05, 4.69) is 25.4 Å². The number of aromatic nitrogens is 4. The van der Waals surface area contributed by atoms with E-state index in [0.29, 0.717) is 40.0 Å². The number of benzene rings is 2. The van der Waals surface area contributed by atoms with E-state index in [1.54, 1.807) is 119 Å². The first kappa shape index (κ1) is 83.2. The number of rotatable bonds is 21. The Hall–Kier alpha value is -9.89. The molecule has 28 nitrogen and oxygen atoms in total. The molecule has 29 heteroatoms. The number of amides is 5. The van der Waals surface area contributed by atoms with E-state index in [-0.39, 0.29) is 126 Å². The maximum Gasteiger partial charge on any atom is 0.340 e. The molecule has 0 radical (unpaired) electrons. The number of nitrogens with one attached hydrogen (secondary N) is 1. The molecule has 4 aromatic heterocycles. The number of nitrogens with zero attached hydrogens (tertiary/aromatic N) is 6. The Kier molecular flexibility index (Phi) is 36.5. The standard InChI is InChI=1S/C21H24N2O6.C19H18N2O5.C13H17NO4.C12H12N2O5.C2H6O.CH3.Pd/c1-4-27-20(25)16-12-11-14(3)22-18(16)17(21(26)28-5-2)19(24)23-29-13-15-9-7-6-8-10-15;1-3-25-19(24)15-16-14(10-9-12(2)20-16)17(22)21(18(15)23)26-11-13-7-5-4-6-8-13;1-4-17-12(15)8-11-10(13(16)18-5-2)7-6-9(3)14-11;1-3-19-12(17)8-9-7(5-4-6(2)13-9)10(15)14(18)11(8)16;1-2-3;;/h6-12,17H,4-5,13H2,1-3H3,(H,23,24);4-10,15H,3,11H2,1-2H3;6-7H,4-5,8H2,1-3H3;4-5,8,18H,3H2,1-2H3;3H,2H2,1H3;1H3;/q;;;;;-1;. The number of esters is 6. The largest absolute Gasteiger partial charge is 0.466 e. The van der Waals surface area contributed by atoms with Gasteiger partial charge in [0.05, 0.1) is 97.7 Å². The van der Waals surface area contributed by atoms with Gasteiger partial charge in [-0.2, -0.15) is 5.06 Å². The van der Waals surface area contributed by atoms with E-state index in [9.17, 15) is 57.9 Å². The van der Waals surface area contributed by atoms with E-state index in [1.165, 1.54) is 18.2 Å². The van der Waals surface area contributed by atoms with Crippen LogP contribution in [0.2, 0.25) is 0 Å². The van der Waals surface area contributed by atoms with Crippen LogP contribution in [0.4, 0.5) is 0 Å². The number of aryl methyl sites for hydroxylation is 4. The molecule has 5 amide bonds. The van der Waals surface area contributed by atoms with Crippen molar-refractivity contribution >= 4 is 65.4 Å². The number of aliphatic hydroxyl groups is 1. The number of pyridine rings is 4. The summed E-state index contributed by atoms with van der Waals surface area (Å²) >= 11 is 0. The summed E-state index contributed by atoms with van der Waals surface area (Å²) in [4.78, 5) is 161. The van der Waals surface area contributed by atoms with Crippen LogP contribution in [0.15, 0.2) is 109 Å². The molecule has 0 aliphatic carbocycles. The SMILES string of the molecule is CCO.CCOC(=O)C1C(=O)N(O)C(=O)c2ccc(C)nc21.CCOC(=O)C1C(=O)N(OCc2ccccc2)C(=O)c2ccc(C)nc21.CCOC(=O)Cc1nc(C)ccc1C(=O)OCC.CCOC(=O)c1ccc(C)nc1C(C(=O)NOCc1ccccc1)C(=O)OCC.[CH3-].[Pd]. The van der Waals surface area contributed by atoms with Gasteiger partial charge in [-0.15, -0.1) is 5.06 Å². The van der Waals surface area contributed by atoms with Crippen LogP contribution in [0.3, 0.4) is 0 Å². The van der Waals surface area contributed by atoms with Crippen molar-refractivity contribution < 1.29 is 122 Å². The second-order valence-corrected chi connectivity index (χ2v) is 19.8. The second-order valence-electron chi connectivity index (χ2n) is 19.8. The van der Waals surface area contributed by atoms with Gasteiger partial charge in [-0.25, -0.2) is 15.1 Å². The Bertz CT molecular complexity index is 3670. The number of hydroxylamine groups is 5. The minimum atomic E-state index is -1.48.